The molecule has 1 fully saturated rings. The zero-order valence-corrected chi connectivity index (χ0v) is 14.1. The highest BCUT2D eigenvalue weighted by molar-refractivity contribution is 7.92. The van der Waals surface area contributed by atoms with Gasteiger partial charge in [-0.2, -0.15) is 0 Å². The van der Waals surface area contributed by atoms with Crippen LogP contribution in [0.2, 0.25) is 5.02 Å². The summed E-state index contributed by atoms with van der Waals surface area (Å²) in [7, 11) is -3.83. The van der Waals surface area contributed by atoms with Crippen LogP contribution < -0.4 is 0 Å². The molecule has 1 aliphatic carbocycles. The van der Waals surface area contributed by atoms with E-state index in [1.54, 1.807) is 6.07 Å². The molecule has 0 aliphatic heterocycles. The van der Waals surface area contributed by atoms with Gasteiger partial charge in [-0.25, -0.2) is 12.8 Å². The summed E-state index contributed by atoms with van der Waals surface area (Å²) in [5, 5.41) is 18.9. The molecule has 2 aromatic carbocycles. The van der Waals surface area contributed by atoms with Gasteiger partial charge in [0.25, 0.3) is 0 Å². The van der Waals surface area contributed by atoms with Crippen LogP contribution in [-0.4, -0.2) is 37.1 Å². The van der Waals surface area contributed by atoms with E-state index >= 15 is 0 Å². The number of aliphatic hydroxyl groups excluding tert-OH is 2. The Morgan fingerprint density at radius 2 is 1.71 bits per heavy atom. The van der Waals surface area contributed by atoms with E-state index in [0.29, 0.717) is 10.6 Å². The Labute approximate surface area is 144 Å². The highest BCUT2D eigenvalue weighted by atomic mass is 35.5. The Morgan fingerprint density at radius 1 is 1.08 bits per heavy atom. The summed E-state index contributed by atoms with van der Waals surface area (Å²) < 4.78 is 39.4. The van der Waals surface area contributed by atoms with Crippen LogP contribution >= 0.6 is 11.6 Å². The van der Waals surface area contributed by atoms with E-state index in [2.05, 4.69) is 0 Å². The molecule has 24 heavy (non-hydrogen) atoms. The lowest BCUT2D eigenvalue weighted by atomic mass is 10.0. The Morgan fingerprint density at radius 3 is 2.25 bits per heavy atom. The molecule has 2 N–H and O–H groups in total. The van der Waals surface area contributed by atoms with Crippen LogP contribution in [0.4, 0.5) is 4.39 Å². The number of halogens is 2. The maximum Gasteiger partial charge on any atom is 0.182 e. The van der Waals surface area contributed by atoms with Gasteiger partial charge >= 0.3 is 0 Å². The molecule has 0 unspecified atom stereocenters. The molecule has 0 saturated heterocycles. The van der Waals surface area contributed by atoms with Crippen molar-refractivity contribution in [3.05, 3.63) is 64.9 Å². The van der Waals surface area contributed by atoms with Gasteiger partial charge in [-0.15, -0.1) is 0 Å². The zero-order chi connectivity index (χ0) is 17.5. The highest BCUT2D eigenvalue weighted by Crippen LogP contribution is 2.63. The van der Waals surface area contributed by atoms with Crippen LogP contribution in [0.5, 0.6) is 0 Å². The lowest BCUT2D eigenvalue weighted by molar-refractivity contribution is 0.130. The van der Waals surface area contributed by atoms with Gasteiger partial charge in [0.1, 0.15) is 5.82 Å². The topological polar surface area (TPSA) is 74.6 Å². The first-order valence-corrected chi connectivity index (χ1v) is 9.26. The van der Waals surface area contributed by atoms with Crippen molar-refractivity contribution < 1.29 is 23.0 Å². The smallest absolute Gasteiger partial charge is 0.182 e. The highest BCUT2D eigenvalue weighted by Gasteiger charge is 2.70. The maximum absolute atomic E-state index is 13.5. The van der Waals surface area contributed by atoms with E-state index in [4.69, 9.17) is 11.6 Å². The van der Waals surface area contributed by atoms with E-state index in [9.17, 15) is 23.0 Å². The van der Waals surface area contributed by atoms with Crippen LogP contribution in [0.1, 0.15) is 11.5 Å². The van der Waals surface area contributed by atoms with Crippen LogP contribution in [0, 0.1) is 11.2 Å². The van der Waals surface area contributed by atoms with Crippen molar-refractivity contribution in [1.29, 1.82) is 0 Å². The number of rotatable bonds is 5. The van der Waals surface area contributed by atoms with Gasteiger partial charge in [0.2, 0.25) is 0 Å². The van der Waals surface area contributed by atoms with Gasteiger partial charge in [0.15, 0.2) is 9.84 Å². The molecule has 0 amide bonds. The van der Waals surface area contributed by atoms with E-state index < -0.39 is 45.5 Å². The summed E-state index contributed by atoms with van der Waals surface area (Å²) in [6.07, 6.45) is 0. The number of hydrogen-bond donors (Lipinski definition) is 2. The minimum atomic E-state index is -3.83. The lowest BCUT2D eigenvalue weighted by Crippen LogP contribution is -2.23. The molecule has 0 bridgehead atoms. The second-order valence-electron chi connectivity index (χ2n) is 6.00. The third kappa shape index (κ3) is 2.63. The van der Waals surface area contributed by atoms with E-state index in [0.717, 1.165) is 0 Å². The zero-order valence-electron chi connectivity index (χ0n) is 12.6. The molecule has 4 nitrogen and oxygen atoms in total. The van der Waals surface area contributed by atoms with Crippen LogP contribution in [0.3, 0.4) is 0 Å². The van der Waals surface area contributed by atoms with Gasteiger partial charge in [-0.3, -0.25) is 0 Å². The number of hydrogen-bond acceptors (Lipinski definition) is 4. The third-order valence-corrected chi connectivity index (χ3v) is 7.24. The Kier molecular flexibility index (Phi) is 4.42. The van der Waals surface area contributed by atoms with E-state index in [1.165, 1.54) is 42.5 Å². The summed E-state index contributed by atoms with van der Waals surface area (Å²) in [4.78, 5) is 0.0575. The van der Waals surface area contributed by atoms with Gasteiger partial charge in [0.05, 0.1) is 23.4 Å². The fraction of sp³-hybridized carbons (Fsp3) is 0.294. The molecule has 0 spiro atoms. The number of sulfone groups is 1. The summed E-state index contributed by atoms with van der Waals surface area (Å²) in [6.45, 7) is -1.02. The van der Waals surface area contributed by atoms with Crippen molar-refractivity contribution in [3.8, 4) is 0 Å². The quantitative estimate of drug-likeness (QED) is 0.847. The lowest BCUT2D eigenvalue weighted by Gasteiger charge is -2.11. The SMILES string of the molecule is O=S(=O)(c1ccc(Cl)cc1)[C@@H]1[C@H](c2cccc(F)c2)C1(CO)CO. The second kappa shape index (κ2) is 6.11. The van der Waals surface area contributed by atoms with Crippen LogP contribution in [-0.2, 0) is 9.84 Å². The van der Waals surface area contributed by atoms with Gasteiger partial charge in [0, 0.05) is 16.4 Å². The molecule has 0 aromatic heterocycles. The molecule has 1 aliphatic rings. The van der Waals surface area contributed by atoms with Crippen molar-refractivity contribution >= 4 is 21.4 Å². The van der Waals surface area contributed by atoms with Crippen molar-refractivity contribution in [2.24, 2.45) is 5.41 Å². The van der Waals surface area contributed by atoms with Crippen molar-refractivity contribution in [3.63, 3.8) is 0 Å². The molecule has 2 aromatic rings. The monoisotopic (exact) mass is 370 g/mol. The largest absolute Gasteiger partial charge is 0.396 e. The van der Waals surface area contributed by atoms with Crippen molar-refractivity contribution in [2.45, 2.75) is 16.1 Å². The molecule has 128 valence electrons. The molecule has 1 saturated carbocycles. The minimum absolute atomic E-state index is 0.0575. The van der Waals surface area contributed by atoms with Gasteiger partial charge in [-0.05, 0) is 42.0 Å². The van der Waals surface area contributed by atoms with Crippen LogP contribution in [0.25, 0.3) is 0 Å². The van der Waals surface area contributed by atoms with Crippen molar-refractivity contribution in [2.75, 3.05) is 13.2 Å². The predicted molar refractivity (Wildman–Crippen MR) is 88.2 cm³/mol. The number of aliphatic hydroxyl groups is 2. The molecule has 0 heterocycles. The standard InChI is InChI=1S/C17H16ClFO4S/c18-12-4-6-14(7-5-12)24(22,23)16-15(17(16,9-20)10-21)11-2-1-3-13(19)8-11/h1-8,15-16,20-21H,9-10H2/t15-,16+/m0/s1. The van der Waals surface area contributed by atoms with Gasteiger partial charge in [-0.1, -0.05) is 23.7 Å². The Hall–Kier alpha value is -1.47. The Bertz CT molecular complexity index is 847. The molecule has 7 heteroatoms. The predicted octanol–water partition coefficient (Wildman–Crippen LogP) is 2.39. The van der Waals surface area contributed by atoms with Crippen LogP contribution in [0.15, 0.2) is 53.4 Å². The minimum Gasteiger partial charge on any atom is -0.396 e. The molecular formula is C17H16ClFO4S. The summed E-state index contributed by atoms with van der Waals surface area (Å²) >= 11 is 5.79. The fourth-order valence-electron chi connectivity index (χ4n) is 3.35. The Balaban J connectivity index is 2.06. The molecule has 3 rings (SSSR count). The molecule has 2 atom stereocenters. The molecular weight excluding hydrogens is 355 g/mol. The summed E-state index contributed by atoms with van der Waals surface area (Å²) in [5.74, 6) is -1.17. The summed E-state index contributed by atoms with van der Waals surface area (Å²) in [5.41, 5.74) is -0.785. The van der Waals surface area contributed by atoms with E-state index in [1.807, 2.05) is 0 Å². The normalized spacial score (nSPS) is 22.3. The summed E-state index contributed by atoms with van der Waals surface area (Å²) in [6, 6.07) is 11.3. The molecule has 0 radical (unpaired) electrons. The fourth-order valence-corrected chi connectivity index (χ4v) is 5.90. The van der Waals surface area contributed by atoms with Crippen molar-refractivity contribution in [1.82, 2.24) is 0 Å². The number of benzene rings is 2. The van der Waals surface area contributed by atoms with Gasteiger partial charge < -0.3 is 10.2 Å². The first-order chi connectivity index (χ1) is 11.4. The second-order valence-corrected chi connectivity index (χ2v) is 8.51. The van der Waals surface area contributed by atoms with E-state index in [-0.39, 0.29) is 4.90 Å². The first-order valence-electron chi connectivity index (χ1n) is 7.33. The first kappa shape index (κ1) is 17.4. The average molecular weight is 371 g/mol. The third-order valence-electron chi connectivity index (χ3n) is 4.65. The average Bonchev–Trinajstić information content (AvgIpc) is 3.26. The maximum atomic E-state index is 13.5.